The summed E-state index contributed by atoms with van der Waals surface area (Å²) in [7, 11) is 0. The number of hydrogen-bond donors (Lipinski definition) is 2. The van der Waals surface area contributed by atoms with E-state index < -0.39 is 0 Å². The van der Waals surface area contributed by atoms with Gasteiger partial charge in [-0.15, -0.1) is 0 Å². The summed E-state index contributed by atoms with van der Waals surface area (Å²) in [6.07, 6.45) is 3.71. The normalized spacial score (nSPS) is 15.4. The second kappa shape index (κ2) is 7.30. The summed E-state index contributed by atoms with van der Waals surface area (Å²) in [6, 6.07) is 7.05. The van der Waals surface area contributed by atoms with E-state index in [-0.39, 0.29) is 6.61 Å². The fourth-order valence-corrected chi connectivity index (χ4v) is 2.84. The highest BCUT2D eigenvalue weighted by Crippen LogP contribution is 2.34. The summed E-state index contributed by atoms with van der Waals surface area (Å²) < 4.78 is 0. The van der Waals surface area contributed by atoms with Gasteiger partial charge in [0.25, 0.3) is 0 Å². The molecule has 0 spiro atoms. The molecule has 1 aliphatic rings. The van der Waals surface area contributed by atoms with Gasteiger partial charge in [-0.2, -0.15) is 0 Å². The Labute approximate surface area is 126 Å². The quantitative estimate of drug-likeness (QED) is 0.811. The van der Waals surface area contributed by atoms with E-state index in [2.05, 4.69) is 30.1 Å². The Morgan fingerprint density at radius 1 is 1.40 bits per heavy atom. The van der Waals surface area contributed by atoms with Gasteiger partial charge < -0.3 is 15.3 Å². The monoisotopic (exact) mass is 296 g/mol. The minimum absolute atomic E-state index is 0.181. The van der Waals surface area contributed by atoms with E-state index in [0.717, 1.165) is 17.1 Å². The van der Waals surface area contributed by atoms with Crippen LogP contribution in [0.25, 0.3) is 0 Å². The number of nitrogens with zero attached hydrogens (tertiary/aromatic N) is 1. The lowest BCUT2D eigenvalue weighted by molar-refractivity contribution is 0.283. The van der Waals surface area contributed by atoms with Crippen LogP contribution in [-0.2, 0) is 6.54 Å². The van der Waals surface area contributed by atoms with E-state index in [1.807, 2.05) is 12.1 Å². The fourth-order valence-electron chi connectivity index (χ4n) is 2.60. The number of hydrogen-bond acceptors (Lipinski definition) is 3. The van der Waals surface area contributed by atoms with E-state index in [9.17, 15) is 5.11 Å². The molecule has 0 radical (unpaired) electrons. The largest absolute Gasteiger partial charge is 0.395 e. The van der Waals surface area contributed by atoms with Gasteiger partial charge >= 0.3 is 0 Å². The van der Waals surface area contributed by atoms with Crippen molar-refractivity contribution in [2.75, 3.05) is 18.1 Å². The molecule has 0 saturated heterocycles. The Morgan fingerprint density at radius 3 is 2.70 bits per heavy atom. The third-order valence-corrected chi connectivity index (χ3v) is 4.30. The zero-order valence-corrected chi connectivity index (χ0v) is 13.2. The summed E-state index contributed by atoms with van der Waals surface area (Å²) >= 11 is 6.39. The van der Waals surface area contributed by atoms with Crippen molar-refractivity contribution in [3.8, 4) is 0 Å². The average molecular weight is 297 g/mol. The number of nitrogens with one attached hydrogen (secondary N) is 1. The molecule has 0 amide bonds. The van der Waals surface area contributed by atoms with Crippen LogP contribution in [0, 0.1) is 0 Å². The molecular weight excluding hydrogens is 272 g/mol. The first-order valence-corrected chi connectivity index (χ1v) is 7.89. The molecule has 1 aliphatic carbocycles. The molecular formula is C16H25ClN2O. The Hall–Kier alpha value is -0.770. The van der Waals surface area contributed by atoms with Crippen molar-refractivity contribution in [1.82, 2.24) is 5.32 Å². The Kier molecular flexibility index (Phi) is 5.70. The fraction of sp³-hybridized carbons (Fsp3) is 0.625. The van der Waals surface area contributed by atoms with Gasteiger partial charge in [0.1, 0.15) is 0 Å². The van der Waals surface area contributed by atoms with E-state index >= 15 is 0 Å². The molecule has 1 aromatic rings. The van der Waals surface area contributed by atoms with Crippen molar-refractivity contribution in [3.63, 3.8) is 0 Å². The van der Waals surface area contributed by atoms with Gasteiger partial charge in [0.2, 0.25) is 0 Å². The van der Waals surface area contributed by atoms with E-state index in [0.29, 0.717) is 18.6 Å². The number of anilines is 1. The van der Waals surface area contributed by atoms with Gasteiger partial charge in [0.15, 0.2) is 0 Å². The maximum atomic E-state index is 9.35. The van der Waals surface area contributed by atoms with Crippen LogP contribution in [0.1, 0.15) is 38.7 Å². The molecule has 0 heterocycles. The van der Waals surface area contributed by atoms with Gasteiger partial charge in [0, 0.05) is 41.4 Å². The lowest BCUT2D eigenvalue weighted by atomic mass is 9.90. The Morgan fingerprint density at radius 2 is 2.15 bits per heavy atom. The molecule has 2 rings (SSSR count). The van der Waals surface area contributed by atoms with E-state index in [4.69, 9.17) is 11.6 Å². The van der Waals surface area contributed by atoms with Crippen LogP contribution in [0.2, 0.25) is 5.02 Å². The van der Waals surface area contributed by atoms with Gasteiger partial charge in [0.05, 0.1) is 6.61 Å². The predicted molar refractivity (Wildman–Crippen MR) is 85.5 cm³/mol. The maximum Gasteiger partial charge on any atom is 0.0606 e. The average Bonchev–Trinajstić information content (AvgIpc) is 2.34. The van der Waals surface area contributed by atoms with Crippen LogP contribution in [0.5, 0.6) is 0 Å². The van der Waals surface area contributed by atoms with Crippen LogP contribution in [0.3, 0.4) is 0 Å². The first-order valence-electron chi connectivity index (χ1n) is 7.51. The molecule has 0 unspecified atom stereocenters. The van der Waals surface area contributed by atoms with Crippen molar-refractivity contribution < 1.29 is 5.11 Å². The number of benzene rings is 1. The van der Waals surface area contributed by atoms with E-state index in [1.54, 1.807) is 0 Å². The molecule has 4 heteroatoms. The SMILES string of the molecule is CC(C)NCc1c(Cl)cccc1N(CCO)C1CCC1. The molecule has 0 aliphatic heterocycles. The minimum atomic E-state index is 0.181. The van der Waals surface area contributed by atoms with Gasteiger partial charge in [-0.25, -0.2) is 0 Å². The Bertz CT molecular complexity index is 432. The number of aliphatic hydroxyl groups is 1. The lowest BCUT2D eigenvalue weighted by Crippen LogP contribution is -2.42. The standard InChI is InChI=1S/C16H25ClN2O/c1-12(2)18-11-14-15(17)7-4-8-16(14)19(9-10-20)13-5-3-6-13/h4,7-8,12-13,18,20H,3,5-6,9-11H2,1-2H3. The molecule has 1 fully saturated rings. The molecule has 1 aromatic carbocycles. The van der Waals surface area contributed by atoms with Crippen molar-refractivity contribution >= 4 is 17.3 Å². The smallest absolute Gasteiger partial charge is 0.0606 e. The summed E-state index contributed by atoms with van der Waals surface area (Å²) in [5, 5.41) is 13.6. The first kappa shape index (κ1) is 15.6. The molecule has 0 bridgehead atoms. The van der Waals surface area contributed by atoms with Gasteiger partial charge in [-0.05, 0) is 31.4 Å². The minimum Gasteiger partial charge on any atom is -0.395 e. The molecule has 3 nitrogen and oxygen atoms in total. The topological polar surface area (TPSA) is 35.5 Å². The van der Waals surface area contributed by atoms with Crippen LogP contribution in [0.15, 0.2) is 18.2 Å². The van der Waals surface area contributed by atoms with Crippen molar-refractivity contribution in [2.45, 2.75) is 51.7 Å². The number of halogens is 1. The van der Waals surface area contributed by atoms with Crippen molar-refractivity contribution in [3.05, 3.63) is 28.8 Å². The van der Waals surface area contributed by atoms with Crippen molar-refractivity contribution in [1.29, 1.82) is 0 Å². The molecule has 112 valence electrons. The predicted octanol–water partition coefficient (Wildman–Crippen LogP) is 3.19. The summed E-state index contributed by atoms with van der Waals surface area (Å²) in [6.45, 7) is 5.89. The lowest BCUT2D eigenvalue weighted by Gasteiger charge is -2.40. The van der Waals surface area contributed by atoms with E-state index in [1.165, 1.54) is 24.9 Å². The molecule has 20 heavy (non-hydrogen) atoms. The molecule has 1 saturated carbocycles. The molecule has 0 aromatic heterocycles. The third-order valence-electron chi connectivity index (χ3n) is 3.95. The zero-order chi connectivity index (χ0) is 14.5. The zero-order valence-electron chi connectivity index (χ0n) is 12.4. The van der Waals surface area contributed by atoms with Crippen LogP contribution in [0.4, 0.5) is 5.69 Å². The summed E-state index contributed by atoms with van der Waals surface area (Å²) in [5.74, 6) is 0. The second-order valence-corrected chi connectivity index (χ2v) is 6.18. The summed E-state index contributed by atoms with van der Waals surface area (Å²) in [5.41, 5.74) is 2.31. The molecule has 0 atom stereocenters. The highest BCUT2D eigenvalue weighted by molar-refractivity contribution is 6.31. The van der Waals surface area contributed by atoms with Crippen LogP contribution >= 0.6 is 11.6 Å². The second-order valence-electron chi connectivity index (χ2n) is 5.77. The van der Waals surface area contributed by atoms with Gasteiger partial charge in [-0.3, -0.25) is 0 Å². The number of aliphatic hydroxyl groups excluding tert-OH is 1. The van der Waals surface area contributed by atoms with Crippen LogP contribution < -0.4 is 10.2 Å². The number of rotatable bonds is 7. The Balaban J connectivity index is 2.25. The van der Waals surface area contributed by atoms with Crippen LogP contribution in [-0.4, -0.2) is 30.3 Å². The van der Waals surface area contributed by atoms with Crippen molar-refractivity contribution in [2.24, 2.45) is 0 Å². The summed E-state index contributed by atoms with van der Waals surface area (Å²) in [4.78, 5) is 2.33. The molecule has 2 N–H and O–H groups in total. The highest BCUT2D eigenvalue weighted by Gasteiger charge is 2.26. The highest BCUT2D eigenvalue weighted by atomic mass is 35.5. The maximum absolute atomic E-state index is 9.35. The first-order chi connectivity index (χ1) is 9.63. The third kappa shape index (κ3) is 3.66. The van der Waals surface area contributed by atoms with Gasteiger partial charge in [-0.1, -0.05) is 31.5 Å².